The van der Waals surface area contributed by atoms with Gasteiger partial charge in [-0.15, -0.1) is 0 Å². The fraction of sp³-hybridized carbons (Fsp3) is 0.595. The molecule has 0 aromatic heterocycles. The van der Waals surface area contributed by atoms with Gasteiger partial charge >= 0.3 is 0 Å². The zero-order valence-corrected chi connectivity index (χ0v) is 39.7. The monoisotopic (exact) mass is 981 g/mol. The molecule has 1 unspecified atom stereocenters. The number of nitrogens with two attached hydrogens (primary N) is 3. The highest BCUT2D eigenvalue weighted by Gasteiger charge is 2.36. The Balaban J connectivity index is 0.0000231. The number of benzene rings is 1. The van der Waals surface area contributed by atoms with Crippen molar-refractivity contribution in [2.75, 3.05) is 31.6 Å². The van der Waals surface area contributed by atoms with E-state index in [0.717, 1.165) is 4.90 Å². The molecule has 11 amide bonds. The smallest absolute Gasteiger partial charge is 0.245 e. The highest BCUT2D eigenvalue weighted by Crippen LogP contribution is 2.15. The predicted molar refractivity (Wildman–Crippen MR) is 245 cm³/mol. The number of phenolic OH excluding ortho intramolecular Hbond substituents is 1. The highest BCUT2D eigenvalue weighted by atomic mass is 32.2. The van der Waals surface area contributed by atoms with Crippen LogP contribution in [0.2, 0.25) is 0 Å². The Morgan fingerprint density at radius 3 is 1.97 bits per heavy atom. The van der Waals surface area contributed by atoms with Gasteiger partial charge in [-0.25, -0.2) is 0 Å². The lowest BCUT2D eigenvalue weighted by molar-refractivity contribution is -0.140. The van der Waals surface area contributed by atoms with E-state index >= 15 is 0 Å². The fourth-order valence-corrected chi connectivity index (χ4v) is 7.77. The maximum Gasteiger partial charge on any atom is 0.245 e. The summed E-state index contributed by atoms with van der Waals surface area (Å²) in [5.41, 5.74) is 16.5. The number of nitrogens with zero attached hydrogens (tertiary/aromatic N) is 1. The minimum atomic E-state index is -1.86. The van der Waals surface area contributed by atoms with Crippen molar-refractivity contribution >= 4 is 75.8 Å². The zero-order chi connectivity index (χ0) is 50.5. The number of likely N-dealkylation sites (N-methyl/N-ethyl adjacent to an activating group) is 1. The van der Waals surface area contributed by atoms with Crippen LogP contribution in [0.15, 0.2) is 24.3 Å². The summed E-state index contributed by atoms with van der Waals surface area (Å²) < 4.78 is 13.4. The lowest BCUT2D eigenvalue weighted by atomic mass is 9.96. The minimum absolute atomic E-state index is 0. The van der Waals surface area contributed by atoms with E-state index < -0.39 is 156 Å². The Morgan fingerprint density at radius 1 is 0.794 bits per heavy atom. The molecule has 2 rings (SSSR count). The highest BCUT2D eigenvalue weighted by molar-refractivity contribution is 7.85. The molecule has 380 valence electrons. The molecule has 9 atom stereocenters. The molecule has 1 heterocycles. The molecule has 0 aliphatic carbocycles. The van der Waals surface area contributed by atoms with Gasteiger partial charge < -0.3 is 69.9 Å². The van der Waals surface area contributed by atoms with E-state index in [-0.39, 0.29) is 42.0 Å². The average molecular weight is 982 g/mol. The van der Waals surface area contributed by atoms with Gasteiger partial charge in [-0.1, -0.05) is 52.7 Å². The van der Waals surface area contributed by atoms with E-state index in [4.69, 9.17) is 17.2 Å². The third kappa shape index (κ3) is 20.4. The summed E-state index contributed by atoms with van der Waals surface area (Å²) in [6.07, 6.45) is -1.83. The Morgan fingerprint density at radius 2 is 1.40 bits per heavy atom. The molecule has 1 aliphatic heterocycles. The zero-order valence-electron chi connectivity index (χ0n) is 38.8. The molecule has 1 fully saturated rings. The Bertz CT molecular complexity index is 2010. The Hall–Kier alpha value is -6.70. The van der Waals surface area contributed by atoms with Gasteiger partial charge in [0.25, 0.3) is 0 Å². The Kier molecular flexibility index (Phi) is 25.4. The van der Waals surface area contributed by atoms with E-state index in [0.29, 0.717) is 18.4 Å². The number of nitrogens with one attached hydrogen (secondary N) is 7. The lowest BCUT2D eigenvalue weighted by Crippen LogP contribution is -2.61. The van der Waals surface area contributed by atoms with Crippen LogP contribution in [-0.4, -0.2) is 153 Å². The number of primary amides is 3. The maximum absolute atomic E-state index is 14.0. The second-order valence-electron chi connectivity index (χ2n) is 16.4. The van der Waals surface area contributed by atoms with Crippen molar-refractivity contribution in [2.24, 2.45) is 29.0 Å². The van der Waals surface area contributed by atoms with Gasteiger partial charge in [-0.3, -0.25) is 56.9 Å². The first-order valence-electron chi connectivity index (χ1n) is 21.8. The van der Waals surface area contributed by atoms with Gasteiger partial charge in [-0.2, -0.15) is 0 Å². The SMILES string of the molecule is CC[C@H](C)[C@H](NC(=O)CN(C)C(=O)[C@@H]1CCS(=O)CCC(=O)N[C@@H](Cc2ccc(O)cc2)C(=O)N[C@@H]([C@@H](C)CC)C(=O)N[C@@H](CCC(N)=O)C(=O)N[C@@H](CC(N)=O)C(=O)N1)C(=O)NCC(N)=O.O. The molecule has 1 saturated heterocycles. The first-order valence-corrected chi connectivity index (χ1v) is 23.2. The second kappa shape index (κ2) is 29.1. The predicted octanol–water partition coefficient (Wildman–Crippen LogP) is -5.15. The summed E-state index contributed by atoms with van der Waals surface area (Å²) in [7, 11) is -0.665. The number of hydrogen-bond acceptors (Lipinski definition) is 13. The van der Waals surface area contributed by atoms with Crippen molar-refractivity contribution in [3.63, 3.8) is 0 Å². The summed E-state index contributed by atoms with van der Waals surface area (Å²) in [5.74, 6) is -11.6. The first kappa shape index (κ1) is 59.3. The first-order chi connectivity index (χ1) is 31.4. The summed E-state index contributed by atoms with van der Waals surface area (Å²) in [5, 5.41) is 27.2. The van der Waals surface area contributed by atoms with Gasteiger partial charge in [-0.05, 0) is 42.4 Å². The number of amides is 11. The number of rotatable bonds is 18. The summed E-state index contributed by atoms with van der Waals surface area (Å²) in [6.45, 7) is 5.61. The quantitative estimate of drug-likeness (QED) is 0.0657. The molecule has 0 radical (unpaired) electrons. The van der Waals surface area contributed by atoms with Gasteiger partial charge in [0.1, 0.15) is 42.0 Å². The second-order valence-corrected chi connectivity index (χ2v) is 18.1. The van der Waals surface area contributed by atoms with Gasteiger partial charge in [0.05, 0.1) is 19.5 Å². The number of carbonyl (C=O) groups excluding carboxylic acids is 11. The van der Waals surface area contributed by atoms with E-state index in [1.54, 1.807) is 27.7 Å². The number of phenols is 1. The van der Waals surface area contributed by atoms with Crippen molar-refractivity contribution in [3.8, 4) is 5.75 Å². The van der Waals surface area contributed by atoms with Crippen LogP contribution in [0.5, 0.6) is 5.75 Å². The maximum atomic E-state index is 14.0. The summed E-state index contributed by atoms with van der Waals surface area (Å²) >= 11 is 0. The molecule has 1 aromatic rings. The van der Waals surface area contributed by atoms with Crippen LogP contribution in [0.1, 0.15) is 78.2 Å². The van der Waals surface area contributed by atoms with Crippen LogP contribution >= 0.6 is 0 Å². The molecule has 0 saturated carbocycles. The lowest BCUT2D eigenvalue weighted by Gasteiger charge is -2.30. The molecule has 0 bridgehead atoms. The molecule has 25 nitrogen and oxygen atoms in total. The van der Waals surface area contributed by atoms with Crippen LogP contribution in [0.4, 0.5) is 0 Å². The van der Waals surface area contributed by atoms with Crippen molar-refractivity contribution < 1.29 is 67.5 Å². The van der Waals surface area contributed by atoms with Crippen molar-refractivity contribution in [1.82, 2.24) is 42.1 Å². The third-order valence-corrected chi connectivity index (χ3v) is 12.3. The average Bonchev–Trinajstić information content (AvgIpc) is 3.27. The molecule has 26 heteroatoms. The van der Waals surface area contributed by atoms with E-state index in [9.17, 15) is 62.1 Å². The standard InChI is InChI=1S/C42H65N11O13S.H2O/c1-6-22(3)35(40(63)46-20-32(45)57)51-34(59)21-53(5)42(65)27-14-16-67(66)17-15-33(58)47-28(18-24-8-10-25(54)11-9-24)39(62)52-36(23(4)7-2)41(64)48-26(12-13-30(43)55)37(60)50-29(19-31(44)56)38(61)49-27;/h8-11,22-23,26-29,35-36,54H,6-7,12-21H2,1-5H3,(H2,43,55)(H2,44,56)(H2,45,57)(H,46,63)(H,47,58)(H,48,64)(H,49,61)(H,50,60)(H,51,59)(H,52,62);1H2/t22-,23-,26-,27-,28-,29-,35-,36-,67?;/m0./s1. The van der Waals surface area contributed by atoms with Crippen molar-refractivity contribution in [1.29, 1.82) is 0 Å². The van der Waals surface area contributed by atoms with Gasteiger partial charge in [0.2, 0.25) is 65.0 Å². The Labute approximate surface area is 396 Å². The molecule has 68 heavy (non-hydrogen) atoms. The fourth-order valence-electron chi connectivity index (χ4n) is 6.65. The largest absolute Gasteiger partial charge is 0.508 e. The van der Waals surface area contributed by atoms with E-state index in [1.165, 1.54) is 31.3 Å². The van der Waals surface area contributed by atoms with Crippen molar-refractivity contribution in [2.45, 2.75) is 115 Å². The van der Waals surface area contributed by atoms with E-state index in [1.807, 2.05) is 0 Å². The topological polar surface area (TPSA) is 422 Å². The van der Waals surface area contributed by atoms with E-state index in [2.05, 4.69) is 37.2 Å². The molecule has 1 aromatic carbocycles. The van der Waals surface area contributed by atoms with Gasteiger partial charge in [0.15, 0.2) is 0 Å². The summed E-state index contributed by atoms with van der Waals surface area (Å²) in [4.78, 5) is 146. The molecular weight excluding hydrogens is 915 g/mol. The molecule has 16 N–H and O–H groups in total. The summed E-state index contributed by atoms with van der Waals surface area (Å²) in [6, 6.07) is -3.01. The normalized spacial score (nSPS) is 22.3. The molecule has 0 spiro atoms. The van der Waals surface area contributed by atoms with Crippen LogP contribution < -0.4 is 54.4 Å². The number of aromatic hydroxyl groups is 1. The van der Waals surface area contributed by atoms with Crippen LogP contribution in [0.3, 0.4) is 0 Å². The van der Waals surface area contributed by atoms with Crippen LogP contribution in [0, 0.1) is 11.8 Å². The number of hydrogen-bond donors (Lipinski definition) is 11. The van der Waals surface area contributed by atoms with Gasteiger partial charge in [0, 0.05) is 48.6 Å². The van der Waals surface area contributed by atoms with Crippen LogP contribution in [0.25, 0.3) is 0 Å². The number of carbonyl (C=O) groups is 11. The van der Waals surface area contributed by atoms with Crippen LogP contribution in [-0.2, 0) is 70.0 Å². The van der Waals surface area contributed by atoms with Crippen molar-refractivity contribution in [3.05, 3.63) is 29.8 Å². The third-order valence-electron chi connectivity index (χ3n) is 11.0. The minimum Gasteiger partial charge on any atom is -0.508 e. The molecule has 1 aliphatic rings. The molecular formula is C42H67N11O14S.